The van der Waals surface area contributed by atoms with E-state index < -0.39 is 5.41 Å². The first kappa shape index (κ1) is 13.0. The number of fused-ring (bicyclic) bond motifs is 3. The monoisotopic (exact) mass is 292 g/mol. The summed E-state index contributed by atoms with van der Waals surface area (Å²) < 4.78 is 0. The highest BCUT2D eigenvalue weighted by atomic mass is 16.2. The van der Waals surface area contributed by atoms with Crippen LogP contribution in [0.25, 0.3) is 0 Å². The lowest BCUT2D eigenvalue weighted by Gasteiger charge is -2.39. The fourth-order valence-electron chi connectivity index (χ4n) is 3.98. The van der Waals surface area contributed by atoms with E-state index in [1.54, 1.807) is 0 Å². The van der Waals surface area contributed by atoms with E-state index in [0.717, 1.165) is 48.2 Å². The van der Waals surface area contributed by atoms with Crippen molar-refractivity contribution in [1.29, 1.82) is 5.26 Å². The van der Waals surface area contributed by atoms with Crippen LogP contribution in [0.4, 0.5) is 5.69 Å². The second kappa shape index (κ2) is 4.38. The summed E-state index contributed by atoms with van der Waals surface area (Å²) in [5.41, 5.74) is 9.00. The highest BCUT2D eigenvalue weighted by Crippen LogP contribution is 2.53. The Hall–Kier alpha value is -2.74. The maximum absolute atomic E-state index is 13.0. The Bertz CT molecular complexity index is 799. The predicted octanol–water partition coefficient (Wildman–Crippen LogP) is 2.00. The van der Waals surface area contributed by atoms with Crippen LogP contribution < -0.4 is 16.4 Å². The van der Waals surface area contributed by atoms with Crippen LogP contribution in [-0.4, -0.2) is 5.91 Å². The van der Waals surface area contributed by atoms with Crippen molar-refractivity contribution in [1.82, 2.24) is 5.32 Å². The molecule has 1 aromatic carbocycles. The molecule has 1 spiro atoms. The van der Waals surface area contributed by atoms with E-state index in [9.17, 15) is 10.1 Å². The van der Waals surface area contributed by atoms with Crippen LogP contribution in [0.3, 0.4) is 0 Å². The average molecular weight is 292 g/mol. The van der Waals surface area contributed by atoms with Gasteiger partial charge in [0.15, 0.2) is 0 Å². The minimum atomic E-state index is -1.05. The van der Waals surface area contributed by atoms with Crippen molar-refractivity contribution >= 4 is 11.6 Å². The first-order chi connectivity index (χ1) is 10.7. The molecule has 1 atom stereocenters. The number of allylic oxidation sites excluding steroid dienone is 1. The molecule has 1 aromatic rings. The Labute approximate surface area is 128 Å². The van der Waals surface area contributed by atoms with Crippen molar-refractivity contribution in [3.05, 3.63) is 52.5 Å². The molecule has 1 aliphatic carbocycles. The molecule has 1 amide bonds. The summed E-state index contributed by atoms with van der Waals surface area (Å²) in [7, 11) is 0. The summed E-state index contributed by atoms with van der Waals surface area (Å²) in [4.78, 5) is 13.0. The van der Waals surface area contributed by atoms with E-state index >= 15 is 0 Å². The van der Waals surface area contributed by atoms with Crippen LogP contribution in [0.1, 0.15) is 31.2 Å². The number of nitrogens with one attached hydrogen (secondary N) is 2. The number of carbonyl (C=O) groups is 1. The minimum Gasteiger partial charge on any atom is -0.384 e. The van der Waals surface area contributed by atoms with E-state index in [1.165, 1.54) is 0 Å². The summed E-state index contributed by atoms with van der Waals surface area (Å²) in [6.45, 7) is 0. The number of nitrogens with zero attached hydrogens (tertiary/aromatic N) is 1. The smallest absolute Gasteiger partial charge is 0.244 e. The highest BCUT2D eigenvalue weighted by Gasteiger charge is 2.56. The molecular formula is C17H16N4O. The molecular weight excluding hydrogens is 276 g/mol. The van der Waals surface area contributed by atoms with Gasteiger partial charge in [0.2, 0.25) is 5.91 Å². The first-order valence-electron chi connectivity index (χ1n) is 7.50. The van der Waals surface area contributed by atoms with Gasteiger partial charge in [-0.1, -0.05) is 18.2 Å². The Morgan fingerprint density at radius 3 is 2.77 bits per heavy atom. The number of benzene rings is 1. The third-order valence-corrected chi connectivity index (χ3v) is 4.88. The number of nitriles is 1. The van der Waals surface area contributed by atoms with Crippen molar-refractivity contribution in [2.45, 2.75) is 31.1 Å². The van der Waals surface area contributed by atoms with Gasteiger partial charge in [-0.25, -0.2) is 0 Å². The number of carbonyl (C=O) groups excluding carboxylic acids is 1. The summed E-state index contributed by atoms with van der Waals surface area (Å²) in [6, 6.07) is 9.76. The van der Waals surface area contributed by atoms with Crippen LogP contribution in [0.5, 0.6) is 0 Å². The van der Waals surface area contributed by atoms with Gasteiger partial charge in [0, 0.05) is 16.9 Å². The number of hydrogen-bond acceptors (Lipinski definition) is 4. The topological polar surface area (TPSA) is 90.9 Å². The molecule has 5 nitrogen and oxygen atoms in total. The molecule has 3 aliphatic rings. The molecule has 1 unspecified atom stereocenters. The average Bonchev–Trinajstić information content (AvgIpc) is 2.81. The molecule has 0 fully saturated rings. The molecule has 0 radical (unpaired) electrons. The number of para-hydroxylation sites is 1. The van der Waals surface area contributed by atoms with Gasteiger partial charge >= 0.3 is 0 Å². The maximum Gasteiger partial charge on any atom is 0.244 e. The fraction of sp³-hybridized carbons (Fsp3) is 0.294. The Morgan fingerprint density at radius 2 is 1.95 bits per heavy atom. The molecule has 5 heteroatoms. The number of rotatable bonds is 0. The summed E-state index contributed by atoms with van der Waals surface area (Å²) in [5.74, 6) is 0.138. The quantitative estimate of drug-likeness (QED) is 0.682. The van der Waals surface area contributed by atoms with Gasteiger partial charge < -0.3 is 16.4 Å². The van der Waals surface area contributed by atoms with Gasteiger partial charge in [0.1, 0.15) is 17.3 Å². The summed E-state index contributed by atoms with van der Waals surface area (Å²) in [5, 5.41) is 15.8. The van der Waals surface area contributed by atoms with E-state index in [4.69, 9.17) is 5.73 Å². The molecule has 0 saturated heterocycles. The van der Waals surface area contributed by atoms with Gasteiger partial charge in [0.25, 0.3) is 0 Å². The number of nitrogens with two attached hydrogens (primary N) is 1. The largest absolute Gasteiger partial charge is 0.384 e. The fourth-order valence-corrected chi connectivity index (χ4v) is 3.98. The van der Waals surface area contributed by atoms with Crippen LogP contribution in [-0.2, 0) is 10.2 Å². The van der Waals surface area contributed by atoms with Gasteiger partial charge in [-0.3, -0.25) is 4.79 Å². The molecule has 110 valence electrons. The lowest BCUT2D eigenvalue weighted by Crippen LogP contribution is -2.47. The molecule has 0 saturated carbocycles. The van der Waals surface area contributed by atoms with Gasteiger partial charge in [-0.05, 0) is 37.3 Å². The van der Waals surface area contributed by atoms with E-state index in [1.807, 2.05) is 24.3 Å². The minimum absolute atomic E-state index is 0.163. The number of hydrogen-bond donors (Lipinski definition) is 3. The highest BCUT2D eigenvalue weighted by molar-refractivity contribution is 6.12. The van der Waals surface area contributed by atoms with E-state index in [-0.39, 0.29) is 5.91 Å². The molecule has 0 aromatic heterocycles. The van der Waals surface area contributed by atoms with Crippen molar-refractivity contribution < 1.29 is 4.79 Å². The molecule has 2 heterocycles. The zero-order valence-corrected chi connectivity index (χ0v) is 12.1. The van der Waals surface area contributed by atoms with Gasteiger partial charge in [0.05, 0.1) is 5.57 Å². The third-order valence-electron chi connectivity index (χ3n) is 4.88. The SMILES string of the molecule is N#CC1=C(N)NC2=C(CCCC2)C12C(=O)Nc1ccccc12. The van der Waals surface area contributed by atoms with Crippen LogP contribution >= 0.6 is 0 Å². The molecule has 4 rings (SSSR count). The Balaban J connectivity index is 2.08. The summed E-state index contributed by atoms with van der Waals surface area (Å²) in [6.07, 6.45) is 3.77. The number of dihydropyridines is 1. The molecule has 2 aliphatic heterocycles. The second-order valence-corrected chi connectivity index (χ2v) is 5.94. The van der Waals surface area contributed by atoms with Gasteiger partial charge in [-0.15, -0.1) is 0 Å². The predicted molar refractivity (Wildman–Crippen MR) is 82.2 cm³/mol. The maximum atomic E-state index is 13.0. The lowest BCUT2D eigenvalue weighted by atomic mass is 9.64. The number of anilines is 1. The normalized spacial score (nSPS) is 26.2. The second-order valence-electron chi connectivity index (χ2n) is 5.94. The lowest BCUT2D eigenvalue weighted by molar-refractivity contribution is -0.118. The molecule has 4 N–H and O–H groups in total. The van der Waals surface area contributed by atoms with Crippen molar-refractivity contribution in [2.24, 2.45) is 5.73 Å². The molecule has 22 heavy (non-hydrogen) atoms. The van der Waals surface area contributed by atoms with Crippen LogP contribution in [0, 0.1) is 11.3 Å². The van der Waals surface area contributed by atoms with Crippen molar-refractivity contribution in [3.8, 4) is 6.07 Å². The van der Waals surface area contributed by atoms with Crippen molar-refractivity contribution in [3.63, 3.8) is 0 Å². The summed E-state index contributed by atoms with van der Waals surface area (Å²) >= 11 is 0. The van der Waals surface area contributed by atoms with E-state index in [2.05, 4.69) is 16.7 Å². The van der Waals surface area contributed by atoms with Gasteiger partial charge in [-0.2, -0.15) is 5.26 Å². The van der Waals surface area contributed by atoms with E-state index in [0.29, 0.717) is 11.4 Å². The van der Waals surface area contributed by atoms with Crippen molar-refractivity contribution in [2.75, 3.05) is 5.32 Å². The Kier molecular flexibility index (Phi) is 2.58. The number of amides is 1. The Morgan fingerprint density at radius 1 is 1.18 bits per heavy atom. The third kappa shape index (κ3) is 1.39. The molecule has 0 bridgehead atoms. The first-order valence-corrected chi connectivity index (χ1v) is 7.50. The van der Waals surface area contributed by atoms with Crippen LogP contribution in [0.2, 0.25) is 0 Å². The van der Waals surface area contributed by atoms with Crippen LogP contribution in [0.15, 0.2) is 46.9 Å². The standard InChI is InChI=1S/C17H16N4O/c18-9-12-15(19)20-13-7-3-1-5-10(13)17(12)11-6-2-4-8-14(11)21-16(17)22/h2,4,6,8,20H,1,3,5,7,19H2,(H,21,22). The zero-order chi connectivity index (χ0) is 15.3. The zero-order valence-electron chi connectivity index (χ0n) is 12.1.